The average Bonchev–Trinajstić information content (AvgIpc) is 2.87. The lowest BCUT2D eigenvalue weighted by molar-refractivity contribution is 0.0784. The minimum Gasteiger partial charge on any atom is -0.385 e. The van der Waals surface area contributed by atoms with Crippen LogP contribution >= 0.6 is 0 Å². The number of likely N-dealkylation sites (tertiary alicyclic amines) is 1. The number of anilines is 1. The molecular formula is C15H21FN2O. The minimum atomic E-state index is -0.382. The van der Waals surface area contributed by atoms with Crippen molar-refractivity contribution in [3.8, 4) is 0 Å². The molecule has 1 amide bonds. The van der Waals surface area contributed by atoms with E-state index >= 15 is 0 Å². The third-order valence-electron chi connectivity index (χ3n) is 3.95. The van der Waals surface area contributed by atoms with Crippen LogP contribution in [0.3, 0.4) is 0 Å². The fraction of sp³-hybridized carbons (Fsp3) is 0.533. The molecule has 2 rings (SSSR count). The summed E-state index contributed by atoms with van der Waals surface area (Å²) in [6.07, 6.45) is 1.04. The summed E-state index contributed by atoms with van der Waals surface area (Å²) in [6.45, 7) is 5.90. The van der Waals surface area contributed by atoms with Crippen molar-refractivity contribution in [2.75, 3.05) is 25.5 Å². The molecule has 1 aromatic carbocycles. The van der Waals surface area contributed by atoms with Crippen LogP contribution in [-0.2, 0) is 0 Å². The number of nitrogens with one attached hydrogen (secondary N) is 1. The second-order valence-corrected chi connectivity index (χ2v) is 5.46. The van der Waals surface area contributed by atoms with E-state index in [-0.39, 0.29) is 11.7 Å². The fourth-order valence-electron chi connectivity index (χ4n) is 2.64. The van der Waals surface area contributed by atoms with E-state index in [9.17, 15) is 9.18 Å². The average molecular weight is 264 g/mol. The number of benzene rings is 1. The van der Waals surface area contributed by atoms with Crippen LogP contribution in [0.5, 0.6) is 0 Å². The molecule has 0 aromatic heterocycles. The van der Waals surface area contributed by atoms with Crippen molar-refractivity contribution in [1.29, 1.82) is 0 Å². The van der Waals surface area contributed by atoms with Gasteiger partial charge in [0.15, 0.2) is 0 Å². The van der Waals surface area contributed by atoms with Gasteiger partial charge in [0.05, 0.1) is 11.3 Å². The van der Waals surface area contributed by atoms with Gasteiger partial charge in [-0.1, -0.05) is 19.9 Å². The largest absolute Gasteiger partial charge is 0.385 e. The van der Waals surface area contributed by atoms with Crippen LogP contribution in [0.1, 0.15) is 30.6 Å². The summed E-state index contributed by atoms with van der Waals surface area (Å²) in [5.41, 5.74) is 0.715. The summed E-state index contributed by atoms with van der Waals surface area (Å²) >= 11 is 0. The highest BCUT2D eigenvalue weighted by Gasteiger charge is 2.29. The molecule has 0 radical (unpaired) electrons. The van der Waals surface area contributed by atoms with Gasteiger partial charge in [-0.05, 0) is 30.4 Å². The molecule has 1 saturated heterocycles. The van der Waals surface area contributed by atoms with Gasteiger partial charge in [-0.3, -0.25) is 4.79 Å². The van der Waals surface area contributed by atoms with Crippen LogP contribution in [0, 0.1) is 17.7 Å². The number of carbonyl (C=O) groups is 1. The Balaban J connectivity index is 2.19. The molecule has 1 aliphatic rings. The van der Waals surface area contributed by atoms with Gasteiger partial charge >= 0.3 is 0 Å². The smallest absolute Gasteiger partial charge is 0.256 e. The van der Waals surface area contributed by atoms with Crippen LogP contribution in [0.15, 0.2) is 18.2 Å². The number of hydrogen-bond acceptors (Lipinski definition) is 2. The Kier molecular flexibility index (Phi) is 4.08. The Morgan fingerprint density at radius 3 is 2.79 bits per heavy atom. The third-order valence-corrected chi connectivity index (χ3v) is 3.95. The van der Waals surface area contributed by atoms with Crippen molar-refractivity contribution in [2.24, 2.45) is 11.8 Å². The van der Waals surface area contributed by atoms with Gasteiger partial charge in [0.2, 0.25) is 0 Å². The number of hydrogen-bond donors (Lipinski definition) is 1. The zero-order valence-electron chi connectivity index (χ0n) is 11.7. The normalized spacial score (nSPS) is 19.0. The first-order chi connectivity index (χ1) is 9.04. The molecule has 1 aliphatic heterocycles. The second-order valence-electron chi connectivity index (χ2n) is 5.46. The van der Waals surface area contributed by atoms with Crippen LogP contribution in [0.25, 0.3) is 0 Å². The first kappa shape index (κ1) is 13.8. The van der Waals surface area contributed by atoms with E-state index in [4.69, 9.17) is 0 Å². The Bertz CT molecular complexity index is 473. The second kappa shape index (κ2) is 5.59. The van der Waals surface area contributed by atoms with Crippen molar-refractivity contribution in [1.82, 2.24) is 4.90 Å². The van der Waals surface area contributed by atoms with Crippen molar-refractivity contribution in [3.63, 3.8) is 0 Å². The molecule has 104 valence electrons. The number of halogens is 1. The van der Waals surface area contributed by atoms with E-state index in [0.29, 0.717) is 23.1 Å². The summed E-state index contributed by atoms with van der Waals surface area (Å²) in [6, 6.07) is 4.63. The zero-order chi connectivity index (χ0) is 14.0. The Morgan fingerprint density at radius 1 is 1.47 bits per heavy atom. The standard InChI is InChI=1S/C15H21FN2O/c1-10(2)11-7-8-18(9-11)15(19)12-5-4-6-13(16)14(12)17-3/h4-6,10-11,17H,7-9H2,1-3H3. The van der Waals surface area contributed by atoms with Crippen molar-refractivity contribution in [3.05, 3.63) is 29.6 Å². The van der Waals surface area contributed by atoms with Crippen molar-refractivity contribution in [2.45, 2.75) is 20.3 Å². The quantitative estimate of drug-likeness (QED) is 0.910. The first-order valence-corrected chi connectivity index (χ1v) is 6.80. The van der Waals surface area contributed by atoms with E-state index in [2.05, 4.69) is 19.2 Å². The molecule has 1 aromatic rings. The van der Waals surface area contributed by atoms with Gasteiger partial charge < -0.3 is 10.2 Å². The van der Waals surface area contributed by atoms with E-state index in [1.54, 1.807) is 19.2 Å². The Morgan fingerprint density at radius 2 is 2.21 bits per heavy atom. The maximum absolute atomic E-state index is 13.7. The van der Waals surface area contributed by atoms with E-state index in [0.717, 1.165) is 19.5 Å². The van der Waals surface area contributed by atoms with Gasteiger partial charge in [0, 0.05) is 20.1 Å². The molecule has 0 saturated carbocycles. The van der Waals surface area contributed by atoms with Crippen LogP contribution < -0.4 is 5.32 Å². The van der Waals surface area contributed by atoms with Gasteiger partial charge in [-0.25, -0.2) is 4.39 Å². The topological polar surface area (TPSA) is 32.3 Å². The third kappa shape index (κ3) is 2.72. The lowest BCUT2D eigenvalue weighted by Gasteiger charge is -2.19. The fourth-order valence-corrected chi connectivity index (χ4v) is 2.64. The molecule has 3 nitrogen and oxygen atoms in total. The molecule has 1 fully saturated rings. The highest BCUT2D eigenvalue weighted by Crippen LogP contribution is 2.27. The number of nitrogens with zero attached hydrogens (tertiary/aromatic N) is 1. The molecule has 1 atom stereocenters. The first-order valence-electron chi connectivity index (χ1n) is 6.80. The molecule has 1 unspecified atom stereocenters. The predicted octanol–water partition coefficient (Wildman–Crippen LogP) is 2.99. The maximum atomic E-state index is 13.7. The lowest BCUT2D eigenvalue weighted by atomic mass is 9.95. The van der Waals surface area contributed by atoms with E-state index < -0.39 is 0 Å². The zero-order valence-corrected chi connectivity index (χ0v) is 11.7. The minimum absolute atomic E-state index is 0.0769. The number of rotatable bonds is 3. The van der Waals surface area contributed by atoms with Crippen LogP contribution in [-0.4, -0.2) is 30.9 Å². The predicted molar refractivity (Wildman–Crippen MR) is 74.8 cm³/mol. The van der Waals surface area contributed by atoms with Crippen molar-refractivity contribution < 1.29 is 9.18 Å². The van der Waals surface area contributed by atoms with E-state index in [1.807, 2.05) is 4.90 Å². The van der Waals surface area contributed by atoms with Gasteiger partial charge in [-0.2, -0.15) is 0 Å². The molecule has 0 bridgehead atoms. The molecule has 19 heavy (non-hydrogen) atoms. The highest BCUT2D eigenvalue weighted by molar-refractivity contribution is 5.99. The lowest BCUT2D eigenvalue weighted by Crippen LogP contribution is -2.30. The van der Waals surface area contributed by atoms with Crippen LogP contribution in [0.4, 0.5) is 10.1 Å². The number of carbonyl (C=O) groups excluding carboxylic acids is 1. The monoisotopic (exact) mass is 264 g/mol. The SMILES string of the molecule is CNc1c(F)cccc1C(=O)N1CCC(C(C)C)C1. The summed E-state index contributed by atoms with van der Waals surface area (Å²) in [4.78, 5) is 14.3. The molecular weight excluding hydrogens is 243 g/mol. The van der Waals surface area contributed by atoms with Gasteiger partial charge in [0.25, 0.3) is 5.91 Å². The molecule has 0 spiro atoms. The van der Waals surface area contributed by atoms with Crippen LogP contribution in [0.2, 0.25) is 0 Å². The van der Waals surface area contributed by atoms with Gasteiger partial charge in [-0.15, -0.1) is 0 Å². The molecule has 1 heterocycles. The number of amides is 1. The summed E-state index contributed by atoms with van der Waals surface area (Å²) in [5.74, 6) is 0.671. The number of para-hydroxylation sites is 1. The summed E-state index contributed by atoms with van der Waals surface area (Å²) < 4.78 is 13.7. The maximum Gasteiger partial charge on any atom is 0.256 e. The molecule has 4 heteroatoms. The summed E-state index contributed by atoms with van der Waals surface area (Å²) in [5, 5.41) is 2.78. The molecule has 0 aliphatic carbocycles. The van der Waals surface area contributed by atoms with Crippen molar-refractivity contribution >= 4 is 11.6 Å². The van der Waals surface area contributed by atoms with E-state index in [1.165, 1.54) is 6.07 Å². The summed E-state index contributed by atoms with van der Waals surface area (Å²) in [7, 11) is 1.64. The Hall–Kier alpha value is -1.58. The Labute approximate surface area is 113 Å². The van der Waals surface area contributed by atoms with Gasteiger partial charge in [0.1, 0.15) is 5.82 Å². The molecule has 1 N–H and O–H groups in total. The highest BCUT2D eigenvalue weighted by atomic mass is 19.1.